The Morgan fingerprint density at radius 3 is 2.95 bits per heavy atom. The molecule has 2 fully saturated rings. The van der Waals surface area contributed by atoms with Crippen LogP contribution >= 0.6 is 0 Å². The molecule has 1 unspecified atom stereocenters. The lowest BCUT2D eigenvalue weighted by molar-refractivity contribution is 0.242. The highest BCUT2D eigenvalue weighted by atomic mass is 19.1. The van der Waals surface area contributed by atoms with Crippen LogP contribution in [0, 0.1) is 5.82 Å². The molecule has 1 saturated carbocycles. The van der Waals surface area contributed by atoms with Crippen molar-refractivity contribution in [3.05, 3.63) is 29.7 Å². The molecule has 0 spiro atoms. The summed E-state index contributed by atoms with van der Waals surface area (Å²) >= 11 is 0. The number of hydrogen-bond acceptors (Lipinski definition) is 2. The quantitative estimate of drug-likeness (QED) is 0.933. The fourth-order valence-electron chi connectivity index (χ4n) is 3.72. The average molecular weight is 288 g/mol. The Morgan fingerprint density at radius 1 is 1.33 bits per heavy atom. The minimum absolute atomic E-state index is 0.235. The Labute approximate surface area is 124 Å². The third-order valence-corrected chi connectivity index (χ3v) is 4.93. The topological polar surface area (TPSA) is 28.3 Å². The fraction of sp³-hybridized carbons (Fsp3) is 0.529. The number of halogens is 1. The van der Waals surface area contributed by atoms with Crippen LogP contribution in [0.4, 0.5) is 4.39 Å². The second kappa shape index (κ2) is 5.02. The van der Waals surface area contributed by atoms with Gasteiger partial charge in [-0.1, -0.05) is 0 Å². The SMILES string of the molecule is COc1cc(F)c2[nH]cc(CC3CCCN3C3CC3)c2c1. The monoisotopic (exact) mass is 288 g/mol. The van der Waals surface area contributed by atoms with E-state index in [1.165, 1.54) is 43.9 Å². The largest absolute Gasteiger partial charge is 0.497 e. The number of nitrogens with zero attached hydrogens (tertiary/aromatic N) is 1. The molecule has 0 amide bonds. The maximum atomic E-state index is 14.1. The summed E-state index contributed by atoms with van der Waals surface area (Å²) in [6.45, 7) is 1.23. The van der Waals surface area contributed by atoms with Gasteiger partial charge in [-0.3, -0.25) is 4.90 Å². The van der Waals surface area contributed by atoms with Crippen LogP contribution in [-0.4, -0.2) is 35.6 Å². The zero-order valence-electron chi connectivity index (χ0n) is 12.4. The van der Waals surface area contributed by atoms with E-state index < -0.39 is 0 Å². The molecule has 1 aromatic heterocycles. The van der Waals surface area contributed by atoms with Crippen LogP contribution in [0.3, 0.4) is 0 Å². The molecule has 2 heterocycles. The second-order valence-electron chi connectivity index (χ2n) is 6.31. The van der Waals surface area contributed by atoms with Crippen molar-refractivity contribution >= 4 is 10.9 Å². The van der Waals surface area contributed by atoms with Crippen molar-refractivity contribution in [2.45, 2.75) is 44.2 Å². The number of ether oxygens (including phenoxy) is 1. The number of hydrogen-bond donors (Lipinski definition) is 1. The van der Waals surface area contributed by atoms with Gasteiger partial charge in [0.05, 0.1) is 12.6 Å². The van der Waals surface area contributed by atoms with Crippen LogP contribution in [-0.2, 0) is 6.42 Å². The Bertz CT molecular complexity index is 662. The smallest absolute Gasteiger partial charge is 0.150 e. The predicted octanol–water partition coefficient (Wildman–Crippen LogP) is 3.48. The molecular weight excluding hydrogens is 267 g/mol. The van der Waals surface area contributed by atoms with Crippen LogP contribution in [0.25, 0.3) is 10.9 Å². The molecule has 3 nitrogen and oxygen atoms in total. The first-order valence-corrected chi connectivity index (χ1v) is 7.85. The van der Waals surface area contributed by atoms with Crippen LogP contribution in [0.1, 0.15) is 31.2 Å². The molecule has 1 N–H and O–H groups in total. The van der Waals surface area contributed by atoms with E-state index in [9.17, 15) is 4.39 Å². The molecular formula is C17H21FN2O. The van der Waals surface area contributed by atoms with Crippen molar-refractivity contribution in [2.24, 2.45) is 0 Å². The van der Waals surface area contributed by atoms with Gasteiger partial charge in [0.25, 0.3) is 0 Å². The molecule has 1 atom stereocenters. The number of nitrogens with one attached hydrogen (secondary N) is 1. The lowest BCUT2D eigenvalue weighted by Gasteiger charge is -2.24. The molecule has 4 heteroatoms. The summed E-state index contributed by atoms with van der Waals surface area (Å²) in [5.74, 6) is 0.354. The second-order valence-corrected chi connectivity index (χ2v) is 6.31. The van der Waals surface area contributed by atoms with Gasteiger partial charge in [0.1, 0.15) is 5.75 Å². The minimum atomic E-state index is -0.235. The van der Waals surface area contributed by atoms with Gasteiger partial charge in [-0.05, 0) is 50.3 Å². The van der Waals surface area contributed by atoms with Crippen molar-refractivity contribution in [3.8, 4) is 5.75 Å². The molecule has 2 aromatic rings. The molecule has 112 valence electrons. The zero-order valence-corrected chi connectivity index (χ0v) is 12.4. The van der Waals surface area contributed by atoms with Crippen LogP contribution < -0.4 is 4.74 Å². The summed E-state index contributed by atoms with van der Waals surface area (Å²) in [6.07, 6.45) is 8.23. The number of H-pyrrole nitrogens is 1. The van der Waals surface area contributed by atoms with Crippen molar-refractivity contribution in [2.75, 3.05) is 13.7 Å². The van der Waals surface area contributed by atoms with Crippen molar-refractivity contribution < 1.29 is 9.13 Å². The van der Waals surface area contributed by atoms with Crippen LogP contribution in [0.15, 0.2) is 18.3 Å². The van der Waals surface area contributed by atoms with Crippen LogP contribution in [0.5, 0.6) is 5.75 Å². The van der Waals surface area contributed by atoms with Gasteiger partial charge in [-0.25, -0.2) is 4.39 Å². The van der Waals surface area contributed by atoms with E-state index in [4.69, 9.17) is 4.74 Å². The first kappa shape index (κ1) is 13.1. The number of aromatic nitrogens is 1. The Morgan fingerprint density at radius 2 is 2.19 bits per heavy atom. The lowest BCUT2D eigenvalue weighted by Crippen LogP contribution is -2.32. The highest BCUT2D eigenvalue weighted by Crippen LogP contribution is 2.36. The molecule has 0 bridgehead atoms. The van der Waals surface area contributed by atoms with E-state index in [-0.39, 0.29) is 5.82 Å². The van der Waals surface area contributed by atoms with E-state index in [0.29, 0.717) is 17.3 Å². The van der Waals surface area contributed by atoms with E-state index >= 15 is 0 Å². The molecule has 1 aliphatic carbocycles. The maximum Gasteiger partial charge on any atom is 0.150 e. The van der Waals surface area contributed by atoms with Crippen molar-refractivity contribution in [1.82, 2.24) is 9.88 Å². The molecule has 0 radical (unpaired) electrons. The molecule has 21 heavy (non-hydrogen) atoms. The fourth-order valence-corrected chi connectivity index (χ4v) is 3.72. The van der Waals surface area contributed by atoms with Gasteiger partial charge < -0.3 is 9.72 Å². The summed E-state index contributed by atoms with van der Waals surface area (Å²) in [5, 5.41) is 0.967. The first-order valence-electron chi connectivity index (χ1n) is 7.85. The maximum absolute atomic E-state index is 14.1. The molecule has 2 aliphatic rings. The number of methoxy groups -OCH3 is 1. The van der Waals surface area contributed by atoms with E-state index in [1.807, 2.05) is 12.3 Å². The van der Waals surface area contributed by atoms with Crippen molar-refractivity contribution in [3.63, 3.8) is 0 Å². The Hall–Kier alpha value is -1.55. The number of benzene rings is 1. The Balaban J connectivity index is 1.65. The predicted molar refractivity (Wildman–Crippen MR) is 81.3 cm³/mol. The van der Waals surface area contributed by atoms with Crippen molar-refractivity contribution in [1.29, 1.82) is 0 Å². The third-order valence-electron chi connectivity index (χ3n) is 4.93. The average Bonchev–Trinajstić information content (AvgIpc) is 3.09. The molecule has 1 aliphatic heterocycles. The number of likely N-dealkylation sites (tertiary alicyclic amines) is 1. The molecule has 1 saturated heterocycles. The Kier molecular flexibility index (Phi) is 3.14. The standard InChI is InChI=1S/C17H21FN2O/c1-21-14-8-15-11(10-19-17(15)16(18)9-14)7-13-3-2-6-20(13)12-4-5-12/h8-10,12-13,19H,2-7H2,1H3. The normalized spacial score (nSPS) is 23.0. The summed E-state index contributed by atoms with van der Waals surface area (Å²) in [6, 6.07) is 4.81. The lowest BCUT2D eigenvalue weighted by atomic mass is 10.0. The van der Waals surface area contributed by atoms with Gasteiger partial charge in [-0.2, -0.15) is 0 Å². The van der Waals surface area contributed by atoms with E-state index in [1.54, 1.807) is 7.11 Å². The van der Waals surface area contributed by atoms with Gasteiger partial charge >= 0.3 is 0 Å². The summed E-state index contributed by atoms with van der Waals surface area (Å²) in [5.41, 5.74) is 1.81. The van der Waals surface area contributed by atoms with Crippen LogP contribution in [0.2, 0.25) is 0 Å². The molecule has 4 rings (SSSR count). The minimum Gasteiger partial charge on any atom is -0.497 e. The summed E-state index contributed by atoms with van der Waals surface area (Å²) < 4.78 is 19.3. The van der Waals surface area contributed by atoms with Gasteiger partial charge in [0.2, 0.25) is 0 Å². The number of aromatic amines is 1. The highest BCUT2D eigenvalue weighted by Gasteiger charge is 2.36. The van der Waals surface area contributed by atoms with E-state index in [2.05, 4.69) is 9.88 Å². The highest BCUT2D eigenvalue weighted by molar-refractivity contribution is 5.85. The molecule has 1 aromatic carbocycles. The zero-order chi connectivity index (χ0) is 14.4. The van der Waals surface area contributed by atoms with Gasteiger partial charge in [-0.15, -0.1) is 0 Å². The van der Waals surface area contributed by atoms with Gasteiger partial charge in [0.15, 0.2) is 5.82 Å². The first-order chi connectivity index (χ1) is 10.3. The number of rotatable bonds is 4. The van der Waals surface area contributed by atoms with Gasteiger partial charge in [0, 0.05) is 29.7 Å². The van der Waals surface area contributed by atoms with E-state index in [0.717, 1.165) is 17.8 Å². The summed E-state index contributed by atoms with van der Waals surface area (Å²) in [4.78, 5) is 5.75. The number of fused-ring (bicyclic) bond motifs is 1. The third kappa shape index (κ3) is 2.31. The summed E-state index contributed by atoms with van der Waals surface area (Å²) in [7, 11) is 1.58.